The van der Waals surface area contributed by atoms with Gasteiger partial charge in [0, 0.05) is 26.6 Å². The van der Waals surface area contributed by atoms with E-state index in [0.717, 1.165) is 12.8 Å². The third-order valence-corrected chi connectivity index (χ3v) is 4.23. The lowest BCUT2D eigenvalue weighted by Gasteiger charge is -2.17. The molecule has 2 rings (SSSR count). The van der Waals surface area contributed by atoms with Crippen LogP contribution in [0.3, 0.4) is 0 Å². The molecule has 1 aliphatic carbocycles. The Bertz CT molecular complexity index is 396. The Balaban J connectivity index is 1.81. The summed E-state index contributed by atoms with van der Waals surface area (Å²) in [4.78, 5) is 35.9. The topological polar surface area (TPSA) is 86.7 Å². The van der Waals surface area contributed by atoms with Crippen LogP contribution in [0.2, 0.25) is 0 Å². The van der Waals surface area contributed by atoms with Crippen LogP contribution in [-0.4, -0.2) is 47.9 Å². The van der Waals surface area contributed by atoms with Crippen molar-refractivity contribution in [1.82, 2.24) is 10.2 Å². The van der Waals surface area contributed by atoms with E-state index in [9.17, 15) is 14.4 Å². The van der Waals surface area contributed by atoms with E-state index in [0.29, 0.717) is 19.5 Å². The summed E-state index contributed by atoms with van der Waals surface area (Å²) in [5.41, 5.74) is 0. The van der Waals surface area contributed by atoms with Crippen molar-refractivity contribution >= 4 is 17.8 Å². The Kier molecular flexibility index (Phi) is 4.07. The quantitative estimate of drug-likeness (QED) is 0.756. The van der Waals surface area contributed by atoms with E-state index in [4.69, 9.17) is 5.11 Å². The third kappa shape index (κ3) is 3.05. The Morgan fingerprint density at radius 2 is 2.16 bits per heavy atom. The van der Waals surface area contributed by atoms with Gasteiger partial charge in [-0.15, -0.1) is 0 Å². The van der Waals surface area contributed by atoms with Crippen molar-refractivity contribution in [2.24, 2.45) is 17.8 Å². The molecule has 6 nitrogen and oxygen atoms in total. The van der Waals surface area contributed by atoms with E-state index in [1.54, 1.807) is 11.9 Å². The monoisotopic (exact) mass is 268 g/mol. The Morgan fingerprint density at radius 1 is 1.42 bits per heavy atom. The molecule has 1 heterocycles. The molecule has 1 saturated heterocycles. The number of carbonyl (C=O) groups excluding carboxylic acids is 2. The SMILES string of the molecule is CN1CC(C(=O)NCC2CCCC2C(=O)O)CC1=O. The van der Waals surface area contributed by atoms with Gasteiger partial charge in [0.05, 0.1) is 11.8 Å². The van der Waals surface area contributed by atoms with Gasteiger partial charge in [0.2, 0.25) is 11.8 Å². The summed E-state index contributed by atoms with van der Waals surface area (Å²) in [5, 5.41) is 11.9. The van der Waals surface area contributed by atoms with Gasteiger partial charge in [0.25, 0.3) is 0 Å². The minimum Gasteiger partial charge on any atom is -0.481 e. The van der Waals surface area contributed by atoms with E-state index in [2.05, 4.69) is 5.32 Å². The van der Waals surface area contributed by atoms with Gasteiger partial charge in [0.1, 0.15) is 0 Å². The molecule has 0 radical (unpaired) electrons. The molecule has 6 heteroatoms. The first-order valence-corrected chi connectivity index (χ1v) is 6.73. The number of aliphatic carboxylic acids is 1. The number of carbonyl (C=O) groups is 3. The summed E-state index contributed by atoms with van der Waals surface area (Å²) < 4.78 is 0. The van der Waals surface area contributed by atoms with Crippen LogP contribution >= 0.6 is 0 Å². The van der Waals surface area contributed by atoms with Crippen molar-refractivity contribution < 1.29 is 19.5 Å². The summed E-state index contributed by atoms with van der Waals surface area (Å²) in [5.74, 6) is -1.52. The van der Waals surface area contributed by atoms with Crippen LogP contribution in [0.15, 0.2) is 0 Å². The van der Waals surface area contributed by atoms with Crippen molar-refractivity contribution in [2.75, 3.05) is 20.1 Å². The van der Waals surface area contributed by atoms with Crippen LogP contribution in [0.1, 0.15) is 25.7 Å². The molecule has 106 valence electrons. The molecule has 0 aromatic rings. The molecule has 19 heavy (non-hydrogen) atoms. The van der Waals surface area contributed by atoms with Crippen LogP contribution < -0.4 is 5.32 Å². The largest absolute Gasteiger partial charge is 0.481 e. The zero-order valence-electron chi connectivity index (χ0n) is 11.1. The molecule has 3 atom stereocenters. The normalized spacial score (nSPS) is 30.7. The molecule has 2 amide bonds. The first-order chi connectivity index (χ1) is 8.99. The number of amides is 2. The Hall–Kier alpha value is -1.59. The van der Waals surface area contributed by atoms with E-state index in [1.807, 2.05) is 0 Å². The molecule has 2 aliphatic rings. The van der Waals surface area contributed by atoms with Gasteiger partial charge < -0.3 is 15.3 Å². The maximum atomic E-state index is 11.9. The number of carboxylic acids is 1. The second-order valence-electron chi connectivity index (χ2n) is 5.56. The lowest BCUT2D eigenvalue weighted by molar-refractivity contribution is -0.143. The van der Waals surface area contributed by atoms with Crippen molar-refractivity contribution in [1.29, 1.82) is 0 Å². The van der Waals surface area contributed by atoms with Crippen LogP contribution in [0.25, 0.3) is 0 Å². The lowest BCUT2D eigenvalue weighted by atomic mass is 9.96. The van der Waals surface area contributed by atoms with Crippen molar-refractivity contribution in [3.8, 4) is 0 Å². The van der Waals surface area contributed by atoms with Gasteiger partial charge in [-0.1, -0.05) is 6.42 Å². The van der Waals surface area contributed by atoms with Gasteiger partial charge in [-0.05, 0) is 18.8 Å². The Morgan fingerprint density at radius 3 is 2.74 bits per heavy atom. The fourth-order valence-corrected chi connectivity index (χ4v) is 3.02. The molecule has 3 unspecified atom stereocenters. The number of likely N-dealkylation sites (tertiary alicyclic amines) is 1. The molecule has 1 aliphatic heterocycles. The smallest absolute Gasteiger partial charge is 0.306 e. The summed E-state index contributed by atoms with van der Waals surface area (Å²) >= 11 is 0. The molecule has 0 aromatic carbocycles. The predicted molar refractivity (Wildman–Crippen MR) is 67.2 cm³/mol. The van der Waals surface area contributed by atoms with Gasteiger partial charge in [-0.25, -0.2) is 0 Å². The predicted octanol–water partition coefficient (Wildman–Crippen LogP) is 0.0818. The highest BCUT2D eigenvalue weighted by Gasteiger charge is 2.35. The molecule has 2 N–H and O–H groups in total. The first kappa shape index (κ1) is 13.8. The van der Waals surface area contributed by atoms with Crippen LogP contribution in [0, 0.1) is 17.8 Å². The summed E-state index contributed by atoms with van der Waals surface area (Å²) in [6.45, 7) is 0.863. The number of nitrogens with one attached hydrogen (secondary N) is 1. The number of rotatable bonds is 4. The number of hydrogen-bond donors (Lipinski definition) is 2. The Labute approximate surface area is 112 Å². The summed E-state index contributed by atoms with van der Waals surface area (Å²) in [7, 11) is 1.69. The molecule has 0 spiro atoms. The van der Waals surface area contributed by atoms with E-state index in [-0.39, 0.29) is 36.0 Å². The number of nitrogens with zero attached hydrogens (tertiary/aromatic N) is 1. The highest BCUT2D eigenvalue weighted by molar-refractivity contribution is 5.89. The number of carboxylic acid groups (broad SMARTS) is 1. The summed E-state index contributed by atoms with van der Waals surface area (Å²) in [6.07, 6.45) is 2.71. The van der Waals surface area contributed by atoms with E-state index >= 15 is 0 Å². The number of hydrogen-bond acceptors (Lipinski definition) is 3. The van der Waals surface area contributed by atoms with Crippen molar-refractivity contribution in [3.05, 3.63) is 0 Å². The lowest BCUT2D eigenvalue weighted by Crippen LogP contribution is -2.37. The van der Waals surface area contributed by atoms with E-state index < -0.39 is 5.97 Å². The highest BCUT2D eigenvalue weighted by Crippen LogP contribution is 2.31. The van der Waals surface area contributed by atoms with Gasteiger partial charge in [0.15, 0.2) is 0 Å². The minimum absolute atomic E-state index is 0.00979. The van der Waals surface area contributed by atoms with Crippen LogP contribution in [0.5, 0.6) is 0 Å². The zero-order valence-corrected chi connectivity index (χ0v) is 11.1. The third-order valence-electron chi connectivity index (χ3n) is 4.23. The fourth-order valence-electron chi connectivity index (χ4n) is 3.02. The maximum absolute atomic E-state index is 11.9. The van der Waals surface area contributed by atoms with Crippen molar-refractivity contribution in [3.63, 3.8) is 0 Å². The average molecular weight is 268 g/mol. The molecule has 0 aromatic heterocycles. The van der Waals surface area contributed by atoms with Crippen molar-refractivity contribution in [2.45, 2.75) is 25.7 Å². The standard InChI is InChI=1S/C13H20N2O4/c1-15-7-9(5-11(15)16)12(17)14-6-8-3-2-4-10(8)13(18)19/h8-10H,2-7H2,1H3,(H,14,17)(H,18,19). The maximum Gasteiger partial charge on any atom is 0.306 e. The highest BCUT2D eigenvalue weighted by atomic mass is 16.4. The fraction of sp³-hybridized carbons (Fsp3) is 0.769. The second kappa shape index (κ2) is 5.59. The molecule has 0 bridgehead atoms. The first-order valence-electron chi connectivity index (χ1n) is 6.73. The zero-order chi connectivity index (χ0) is 14.0. The molecule has 2 fully saturated rings. The second-order valence-corrected chi connectivity index (χ2v) is 5.56. The molecular weight excluding hydrogens is 248 g/mol. The van der Waals surface area contributed by atoms with Gasteiger partial charge in [-0.3, -0.25) is 14.4 Å². The van der Waals surface area contributed by atoms with E-state index in [1.165, 1.54) is 0 Å². The van der Waals surface area contributed by atoms with Gasteiger partial charge in [-0.2, -0.15) is 0 Å². The molecular formula is C13H20N2O4. The average Bonchev–Trinajstić information content (AvgIpc) is 2.94. The molecule has 1 saturated carbocycles. The van der Waals surface area contributed by atoms with Crippen LogP contribution in [0.4, 0.5) is 0 Å². The van der Waals surface area contributed by atoms with Crippen LogP contribution in [-0.2, 0) is 14.4 Å². The minimum atomic E-state index is -0.771. The summed E-state index contributed by atoms with van der Waals surface area (Å²) in [6, 6.07) is 0. The van der Waals surface area contributed by atoms with Gasteiger partial charge >= 0.3 is 5.97 Å².